The van der Waals surface area contributed by atoms with Crippen LogP contribution in [0, 0.1) is 18.3 Å². The Labute approximate surface area is 112 Å². The first kappa shape index (κ1) is 14.9. The van der Waals surface area contributed by atoms with Crippen LogP contribution < -0.4 is 5.32 Å². The van der Waals surface area contributed by atoms with Crippen LogP contribution in [0.25, 0.3) is 0 Å². The molecule has 0 spiro atoms. The van der Waals surface area contributed by atoms with E-state index in [0.29, 0.717) is 6.04 Å². The highest BCUT2D eigenvalue weighted by Crippen LogP contribution is 2.27. The Morgan fingerprint density at radius 3 is 2.82 bits per heavy atom. The van der Waals surface area contributed by atoms with Gasteiger partial charge in [0.25, 0.3) is 0 Å². The average Bonchev–Trinajstić information content (AvgIpc) is 2.37. The second kappa shape index (κ2) is 9.85. The summed E-state index contributed by atoms with van der Waals surface area (Å²) in [5, 5.41) is 3.70. The van der Waals surface area contributed by atoms with Crippen molar-refractivity contribution < 1.29 is 0 Å². The van der Waals surface area contributed by atoms with Crippen molar-refractivity contribution in [2.75, 3.05) is 18.1 Å². The first-order chi connectivity index (χ1) is 8.36. The predicted molar refractivity (Wildman–Crippen MR) is 79.4 cm³/mol. The van der Waals surface area contributed by atoms with E-state index >= 15 is 0 Å². The molecular formula is C15H27NS. The molecule has 0 aromatic heterocycles. The third-order valence-electron chi connectivity index (χ3n) is 3.52. The van der Waals surface area contributed by atoms with E-state index in [1.807, 2.05) is 0 Å². The molecule has 2 heteroatoms. The zero-order valence-corrected chi connectivity index (χ0v) is 12.0. The molecule has 17 heavy (non-hydrogen) atoms. The Morgan fingerprint density at radius 1 is 1.41 bits per heavy atom. The molecule has 1 heterocycles. The van der Waals surface area contributed by atoms with Crippen LogP contribution in [-0.4, -0.2) is 24.1 Å². The van der Waals surface area contributed by atoms with E-state index in [1.165, 1.54) is 50.0 Å². The minimum atomic E-state index is 0.705. The fourth-order valence-electron chi connectivity index (χ4n) is 2.49. The SMILES string of the molecule is C#CCCCC(CC1CCSCC1)NCCC. The van der Waals surface area contributed by atoms with Crippen molar-refractivity contribution in [1.82, 2.24) is 5.32 Å². The highest BCUT2D eigenvalue weighted by molar-refractivity contribution is 7.99. The van der Waals surface area contributed by atoms with E-state index < -0.39 is 0 Å². The summed E-state index contributed by atoms with van der Waals surface area (Å²) < 4.78 is 0. The van der Waals surface area contributed by atoms with Crippen LogP contribution >= 0.6 is 11.8 Å². The molecule has 1 saturated heterocycles. The summed E-state index contributed by atoms with van der Waals surface area (Å²) in [6, 6.07) is 0.705. The van der Waals surface area contributed by atoms with Gasteiger partial charge in [-0.2, -0.15) is 11.8 Å². The molecular weight excluding hydrogens is 226 g/mol. The summed E-state index contributed by atoms with van der Waals surface area (Å²) in [5.74, 6) is 6.45. The van der Waals surface area contributed by atoms with Gasteiger partial charge in [0.2, 0.25) is 0 Å². The molecule has 1 aliphatic rings. The van der Waals surface area contributed by atoms with Crippen molar-refractivity contribution in [1.29, 1.82) is 0 Å². The molecule has 98 valence electrons. The number of thioether (sulfide) groups is 1. The third-order valence-corrected chi connectivity index (χ3v) is 4.56. The lowest BCUT2D eigenvalue weighted by Gasteiger charge is -2.27. The predicted octanol–water partition coefficient (Wildman–Crippen LogP) is 3.69. The molecule has 1 atom stereocenters. The van der Waals surface area contributed by atoms with E-state index in [9.17, 15) is 0 Å². The summed E-state index contributed by atoms with van der Waals surface area (Å²) in [6.07, 6.45) is 14.1. The van der Waals surface area contributed by atoms with Crippen molar-refractivity contribution in [3.63, 3.8) is 0 Å². The van der Waals surface area contributed by atoms with E-state index in [2.05, 4.69) is 29.9 Å². The van der Waals surface area contributed by atoms with Gasteiger partial charge >= 0.3 is 0 Å². The quantitative estimate of drug-likeness (QED) is 0.523. The molecule has 1 unspecified atom stereocenters. The molecule has 0 aliphatic carbocycles. The standard InChI is InChI=1S/C15H27NS/c1-3-5-6-7-15(16-10-4-2)13-14-8-11-17-12-9-14/h1,14-16H,4-13H2,2H3. The van der Waals surface area contributed by atoms with Gasteiger partial charge in [-0.1, -0.05) is 6.92 Å². The molecule has 0 aromatic carbocycles. The second-order valence-electron chi connectivity index (χ2n) is 5.04. The summed E-state index contributed by atoms with van der Waals surface area (Å²) in [5.41, 5.74) is 0. The molecule has 0 saturated carbocycles. The molecule has 1 aliphatic heterocycles. The minimum Gasteiger partial charge on any atom is -0.314 e. The molecule has 0 aromatic rings. The van der Waals surface area contributed by atoms with Gasteiger partial charge in [0.1, 0.15) is 0 Å². The van der Waals surface area contributed by atoms with Gasteiger partial charge < -0.3 is 5.32 Å². The first-order valence-corrected chi connectivity index (χ1v) is 8.26. The highest BCUT2D eigenvalue weighted by Gasteiger charge is 2.18. The van der Waals surface area contributed by atoms with Crippen LogP contribution in [0.1, 0.15) is 51.9 Å². The van der Waals surface area contributed by atoms with E-state index in [1.54, 1.807) is 0 Å². The molecule has 1 rings (SSSR count). The maximum atomic E-state index is 5.33. The Hall–Kier alpha value is -0.130. The summed E-state index contributed by atoms with van der Waals surface area (Å²) in [6.45, 7) is 3.39. The normalized spacial score (nSPS) is 18.8. The number of hydrogen-bond acceptors (Lipinski definition) is 2. The fraction of sp³-hybridized carbons (Fsp3) is 0.867. The number of nitrogens with one attached hydrogen (secondary N) is 1. The van der Waals surface area contributed by atoms with Crippen molar-refractivity contribution >= 4 is 11.8 Å². The number of hydrogen-bond donors (Lipinski definition) is 1. The largest absolute Gasteiger partial charge is 0.314 e. The Kier molecular flexibility index (Phi) is 8.65. The van der Waals surface area contributed by atoms with Gasteiger partial charge in [-0.15, -0.1) is 12.3 Å². The van der Waals surface area contributed by atoms with Gasteiger partial charge in [0, 0.05) is 12.5 Å². The maximum absolute atomic E-state index is 5.33. The van der Waals surface area contributed by atoms with Gasteiger partial charge in [-0.3, -0.25) is 0 Å². The summed E-state index contributed by atoms with van der Waals surface area (Å²) in [7, 11) is 0. The topological polar surface area (TPSA) is 12.0 Å². The van der Waals surface area contributed by atoms with Crippen molar-refractivity contribution in [3.8, 4) is 12.3 Å². The zero-order chi connectivity index (χ0) is 12.3. The molecule has 1 fully saturated rings. The number of rotatable bonds is 8. The number of terminal acetylenes is 1. The monoisotopic (exact) mass is 253 g/mol. The summed E-state index contributed by atoms with van der Waals surface area (Å²) in [4.78, 5) is 0. The minimum absolute atomic E-state index is 0.705. The van der Waals surface area contributed by atoms with Crippen LogP contribution in [0.3, 0.4) is 0 Å². The Bertz CT molecular complexity index is 215. The van der Waals surface area contributed by atoms with E-state index in [0.717, 1.165) is 18.9 Å². The van der Waals surface area contributed by atoms with Gasteiger partial charge in [-0.25, -0.2) is 0 Å². The van der Waals surface area contributed by atoms with Crippen LogP contribution in [-0.2, 0) is 0 Å². The van der Waals surface area contributed by atoms with E-state index in [4.69, 9.17) is 6.42 Å². The molecule has 0 bridgehead atoms. The first-order valence-electron chi connectivity index (χ1n) is 7.11. The lowest BCUT2D eigenvalue weighted by atomic mass is 9.92. The lowest BCUT2D eigenvalue weighted by molar-refractivity contribution is 0.347. The number of unbranched alkanes of at least 4 members (excludes halogenated alkanes) is 1. The second-order valence-corrected chi connectivity index (χ2v) is 6.26. The molecule has 1 nitrogen and oxygen atoms in total. The van der Waals surface area contributed by atoms with Gasteiger partial charge in [0.15, 0.2) is 0 Å². The Morgan fingerprint density at radius 2 is 2.18 bits per heavy atom. The highest BCUT2D eigenvalue weighted by atomic mass is 32.2. The third kappa shape index (κ3) is 7.01. The van der Waals surface area contributed by atoms with Crippen molar-refractivity contribution in [2.24, 2.45) is 5.92 Å². The van der Waals surface area contributed by atoms with E-state index in [-0.39, 0.29) is 0 Å². The Balaban J connectivity index is 2.25. The lowest BCUT2D eigenvalue weighted by Crippen LogP contribution is -2.32. The van der Waals surface area contributed by atoms with Crippen LogP contribution in [0.2, 0.25) is 0 Å². The van der Waals surface area contributed by atoms with Crippen LogP contribution in [0.4, 0.5) is 0 Å². The zero-order valence-electron chi connectivity index (χ0n) is 11.2. The van der Waals surface area contributed by atoms with Crippen molar-refractivity contribution in [2.45, 2.75) is 57.9 Å². The molecule has 0 radical (unpaired) electrons. The van der Waals surface area contributed by atoms with Crippen LogP contribution in [0.5, 0.6) is 0 Å². The maximum Gasteiger partial charge on any atom is 0.00866 e. The average molecular weight is 253 g/mol. The fourth-order valence-corrected chi connectivity index (χ4v) is 3.69. The smallest absolute Gasteiger partial charge is 0.00866 e. The van der Waals surface area contributed by atoms with Gasteiger partial charge in [0.05, 0.1) is 0 Å². The molecule has 0 amide bonds. The molecule has 1 N–H and O–H groups in total. The van der Waals surface area contributed by atoms with Gasteiger partial charge in [-0.05, 0) is 62.5 Å². The van der Waals surface area contributed by atoms with Crippen molar-refractivity contribution in [3.05, 3.63) is 0 Å². The van der Waals surface area contributed by atoms with Crippen LogP contribution in [0.15, 0.2) is 0 Å². The summed E-state index contributed by atoms with van der Waals surface area (Å²) >= 11 is 2.12.